The summed E-state index contributed by atoms with van der Waals surface area (Å²) in [6.45, 7) is 0. The summed E-state index contributed by atoms with van der Waals surface area (Å²) in [5, 5.41) is 1.02. The molecular formula is C13H13BrN4OS2. The first-order chi connectivity index (χ1) is 9.69. The number of benzene rings is 1. The van der Waals surface area contributed by atoms with Gasteiger partial charge in [-0.15, -0.1) is 17.0 Å². The summed E-state index contributed by atoms with van der Waals surface area (Å²) in [6.07, 6.45) is 1.72. The third-order valence-electron chi connectivity index (χ3n) is 2.75. The zero-order valence-electron chi connectivity index (χ0n) is 11.1. The second-order valence-electron chi connectivity index (χ2n) is 3.99. The quantitative estimate of drug-likeness (QED) is 0.718. The predicted octanol–water partition coefficient (Wildman–Crippen LogP) is 3.68. The van der Waals surface area contributed by atoms with Gasteiger partial charge in [-0.05, 0) is 12.1 Å². The van der Waals surface area contributed by atoms with Gasteiger partial charge in [-0.3, -0.25) is 0 Å². The molecule has 0 spiro atoms. The van der Waals surface area contributed by atoms with Crippen LogP contribution in [0.4, 0.5) is 10.3 Å². The smallest absolute Gasteiger partial charge is 0.181 e. The average Bonchev–Trinajstić information content (AvgIpc) is 3.04. The maximum absolute atomic E-state index is 5.87. The number of nitrogens with two attached hydrogens (primary N) is 2. The van der Waals surface area contributed by atoms with Crippen LogP contribution in [-0.4, -0.2) is 17.1 Å². The van der Waals surface area contributed by atoms with Crippen molar-refractivity contribution in [2.24, 2.45) is 0 Å². The van der Waals surface area contributed by atoms with Gasteiger partial charge in [0.05, 0.1) is 16.9 Å². The Labute approximate surface area is 140 Å². The number of methoxy groups -OCH3 is 1. The number of thiazole rings is 2. The summed E-state index contributed by atoms with van der Waals surface area (Å²) < 4.78 is 5.41. The predicted molar refractivity (Wildman–Crippen MR) is 94.4 cm³/mol. The van der Waals surface area contributed by atoms with Gasteiger partial charge in [-0.25, -0.2) is 9.97 Å². The fourth-order valence-corrected chi connectivity index (χ4v) is 3.54. The van der Waals surface area contributed by atoms with Gasteiger partial charge in [0.1, 0.15) is 11.4 Å². The molecule has 21 heavy (non-hydrogen) atoms. The molecule has 3 aromatic rings. The summed E-state index contributed by atoms with van der Waals surface area (Å²) >= 11 is 2.82. The van der Waals surface area contributed by atoms with E-state index in [1.54, 1.807) is 13.3 Å². The van der Waals surface area contributed by atoms with Crippen LogP contribution < -0.4 is 16.2 Å². The highest BCUT2D eigenvalue weighted by Crippen LogP contribution is 2.43. The first-order valence-electron chi connectivity index (χ1n) is 5.80. The van der Waals surface area contributed by atoms with E-state index < -0.39 is 0 Å². The number of halogens is 1. The molecule has 2 aromatic heterocycles. The fourth-order valence-electron chi connectivity index (χ4n) is 1.92. The molecule has 0 saturated carbocycles. The Hall–Kier alpha value is -1.64. The first-order valence-corrected chi connectivity index (χ1v) is 7.43. The van der Waals surface area contributed by atoms with Gasteiger partial charge in [0.25, 0.3) is 0 Å². The number of anilines is 2. The molecule has 0 fully saturated rings. The summed E-state index contributed by atoms with van der Waals surface area (Å²) in [5.41, 5.74) is 13.3. The van der Waals surface area contributed by atoms with Crippen LogP contribution in [0.3, 0.4) is 0 Å². The van der Waals surface area contributed by atoms with Crippen LogP contribution in [0.5, 0.6) is 5.75 Å². The molecule has 110 valence electrons. The Morgan fingerprint density at radius 3 is 2.52 bits per heavy atom. The van der Waals surface area contributed by atoms with E-state index in [-0.39, 0.29) is 17.0 Å². The van der Waals surface area contributed by atoms with Crippen molar-refractivity contribution in [1.29, 1.82) is 0 Å². The van der Waals surface area contributed by atoms with Gasteiger partial charge >= 0.3 is 0 Å². The lowest BCUT2D eigenvalue weighted by molar-refractivity contribution is 0.416. The zero-order valence-corrected chi connectivity index (χ0v) is 14.4. The second-order valence-corrected chi connectivity index (χ2v) is 6.09. The molecular weight excluding hydrogens is 372 g/mol. The summed E-state index contributed by atoms with van der Waals surface area (Å²) in [5.74, 6) is 0.787. The van der Waals surface area contributed by atoms with Crippen molar-refractivity contribution in [2.45, 2.75) is 0 Å². The molecule has 1 aromatic carbocycles. The van der Waals surface area contributed by atoms with E-state index in [9.17, 15) is 0 Å². The topological polar surface area (TPSA) is 87.0 Å². The zero-order chi connectivity index (χ0) is 14.1. The Morgan fingerprint density at radius 2 is 1.86 bits per heavy atom. The normalized spacial score (nSPS) is 10.1. The number of ether oxygens (including phenoxy) is 1. The van der Waals surface area contributed by atoms with Gasteiger partial charge in [0.2, 0.25) is 0 Å². The summed E-state index contributed by atoms with van der Waals surface area (Å²) in [4.78, 5) is 10.3. The van der Waals surface area contributed by atoms with E-state index in [4.69, 9.17) is 16.2 Å². The van der Waals surface area contributed by atoms with Crippen molar-refractivity contribution in [2.75, 3.05) is 18.6 Å². The summed E-state index contributed by atoms with van der Waals surface area (Å²) in [6, 6.07) is 7.78. The number of rotatable bonds is 3. The molecule has 0 radical (unpaired) electrons. The molecule has 0 aliphatic heterocycles. The van der Waals surface area contributed by atoms with Crippen LogP contribution in [-0.2, 0) is 0 Å². The molecule has 0 amide bonds. The van der Waals surface area contributed by atoms with Gasteiger partial charge in [-0.2, -0.15) is 0 Å². The van der Waals surface area contributed by atoms with Crippen molar-refractivity contribution in [1.82, 2.24) is 9.97 Å². The molecule has 0 unspecified atom stereocenters. The maximum Gasteiger partial charge on any atom is 0.181 e. The van der Waals surface area contributed by atoms with Crippen LogP contribution in [0.2, 0.25) is 0 Å². The van der Waals surface area contributed by atoms with Crippen molar-refractivity contribution >= 4 is 49.9 Å². The summed E-state index contributed by atoms with van der Waals surface area (Å²) in [7, 11) is 1.65. The standard InChI is InChI=1S/C13H12N4OS2.BrH/c1-18-8-5-3-2-4-7(8)11-10(17-13(15)20-11)9-6-16-12(14)19-9;/h2-6H,1H3,(H2,14,16)(H2,15,17);1H. The molecule has 4 N–H and O–H groups in total. The third kappa shape index (κ3) is 3.02. The van der Waals surface area contributed by atoms with Crippen LogP contribution in [0.25, 0.3) is 21.0 Å². The first kappa shape index (κ1) is 15.7. The highest BCUT2D eigenvalue weighted by Gasteiger charge is 2.18. The van der Waals surface area contributed by atoms with Crippen LogP contribution in [0.1, 0.15) is 0 Å². The lowest BCUT2D eigenvalue weighted by atomic mass is 10.1. The molecule has 0 bridgehead atoms. The van der Waals surface area contributed by atoms with E-state index in [1.807, 2.05) is 24.3 Å². The number of nitrogens with zero attached hydrogens (tertiary/aromatic N) is 2. The minimum absolute atomic E-state index is 0. The van der Waals surface area contributed by atoms with Gasteiger partial charge < -0.3 is 16.2 Å². The molecule has 0 atom stereocenters. The van der Waals surface area contributed by atoms with E-state index in [1.165, 1.54) is 22.7 Å². The third-order valence-corrected chi connectivity index (χ3v) is 4.50. The maximum atomic E-state index is 5.87. The van der Waals surface area contributed by atoms with Crippen LogP contribution in [0.15, 0.2) is 30.5 Å². The number of hydrogen-bond donors (Lipinski definition) is 2. The molecule has 0 saturated heterocycles. The van der Waals surface area contributed by atoms with Crippen LogP contribution >= 0.6 is 39.7 Å². The monoisotopic (exact) mass is 384 g/mol. The Kier molecular flexibility index (Phi) is 4.81. The molecule has 8 heteroatoms. The van der Waals surface area contributed by atoms with E-state index in [0.717, 1.165) is 26.8 Å². The molecule has 0 aliphatic rings. The fraction of sp³-hybridized carbons (Fsp3) is 0.0769. The van der Waals surface area contributed by atoms with Gasteiger partial charge in [0.15, 0.2) is 10.3 Å². The highest BCUT2D eigenvalue weighted by molar-refractivity contribution is 8.93. The number of para-hydroxylation sites is 1. The Balaban J connectivity index is 0.00000161. The minimum Gasteiger partial charge on any atom is -0.496 e. The molecule has 2 heterocycles. The van der Waals surface area contributed by atoms with E-state index in [0.29, 0.717) is 10.3 Å². The number of hydrogen-bond acceptors (Lipinski definition) is 7. The molecule has 0 aliphatic carbocycles. The SMILES string of the molecule is Br.COc1ccccc1-c1sc(N)nc1-c1cnc(N)s1. The molecule has 3 rings (SSSR count). The van der Waals surface area contributed by atoms with E-state index >= 15 is 0 Å². The van der Waals surface area contributed by atoms with Gasteiger partial charge in [-0.1, -0.05) is 34.8 Å². The van der Waals surface area contributed by atoms with Crippen molar-refractivity contribution < 1.29 is 4.74 Å². The van der Waals surface area contributed by atoms with Crippen molar-refractivity contribution in [3.05, 3.63) is 30.5 Å². The largest absolute Gasteiger partial charge is 0.496 e. The minimum atomic E-state index is 0. The lowest BCUT2D eigenvalue weighted by Crippen LogP contribution is -1.87. The molecule has 5 nitrogen and oxygen atoms in total. The Bertz CT molecular complexity index is 756. The highest BCUT2D eigenvalue weighted by atomic mass is 79.9. The average molecular weight is 385 g/mol. The number of nitrogen functional groups attached to an aromatic ring is 2. The number of aromatic nitrogens is 2. The second kappa shape index (κ2) is 6.42. The Morgan fingerprint density at radius 1 is 1.10 bits per heavy atom. The van der Waals surface area contributed by atoms with Crippen molar-refractivity contribution in [3.63, 3.8) is 0 Å². The van der Waals surface area contributed by atoms with Gasteiger partial charge in [0, 0.05) is 11.8 Å². The lowest BCUT2D eigenvalue weighted by Gasteiger charge is -2.06. The van der Waals surface area contributed by atoms with Crippen molar-refractivity contribution in [3.8, 4) is 26.8 Å². The van der Waals surface area contributed by atoms with E-state index in [2.05, 4.69) is 9.97 Å². The van der Waals surface area contributed by atoms with Crippen LogP contribution in [0, 0.1) is 0 Å².